The molecule has 1 aromatic rings. The number of amides is 1. The van der Waals surface area contributed by atoms with Crippen LogP contribution >= 0.6 is 11.8 Å². The predicted molar refractivity (Wildman–Crippen MR) is 80.7 cm³/mol. The second-order valence-electron chi connectivity index (χ2n) is 5.65. The molecule has 1 N–H and O–H groups in total. The summed E-state index contributed by atoms with van der Waals surface area (Å²) >= 11 is 1.15. The van der Waals surface area contributed by atoms with Crippen LogP contribution in [0.1, 0.15) is 25.3 Å². The zero-order valence-corrected chi connectivity index (χ0v) is 13.8. The number of hydrogen-bond acceptors (Lipinski definition) is 3. The van der Waals surface area contributed by atoms with Crippen molar-refractivity contribution in [3.05, 3.63) is 17.7 Å². The highest BCUT2D eigenvalue weighted by Gasteiger charge is 2.37. The highest BCUT2D eigenvalue weighted by Crippen LogP contribution is 2.44. The summed E-state index contributed by atoms with van der Waals surface area (Å²) in [6.07, 6.45) is -5.13. The molecule has 0 saturated heterocycles. The highest BCUT2D eigenvalue weighted by atomic mass is 32.2. The molecule has 1 amide bonds. The van der Waals surface area contributed by atoms with Crippen molar-refractivity contribution in [3.8, 4) is 5.75 Å². The number of fused-ring (bicyclic) bond motifs is 1. The maximum absolute atomic E-state index is 13.0. The van der Waals surface area contributed by atoms with Gasteiger partial charge in [0.15, 0.2) is 0 Å². The summed E-state index contributed by atoms with van der Waals surface area (Å²) in [5.41, 5.74) is -0.980. The summed E-state index contributed by atoms with van der Waals surface area (Å²) in [7, 11) is 1.13. The molecular weight excluding hydrogens is 353 g/mol. The van der Waals surface area contributed by atoms with Crippen LogP contribution in [0.2, 0.25) is 0 Å². The number of rotatable bonds is 4. The Morgan fingerprint density at radius 3 is 2.50 bits per heavy atom. The first-order valence-electron chi connectivity index (χ1n) is 7.12. The molecule has 1 atom stereocenters. The fourth-order valence-corrected chi connectivity index (χ4v) is 3.47. The van der Waals surface area contributed by atoms with E-state index in [9.17, 15) is 26.7 Å². The van der Waals surface area contributed by atoms with Crippen LogP contribution in [0, 0.1) is 5.92 Å². The zero-order chi connectivity index (χ0) is 18.1. The van der Waals surface area contributed by atoms with Gasteiger partial charge in [0.1, 0.15) is 5.75 Å². The molecule has 1 unspecified atom stereocenters. The first-order valence-corrected chi connectivity index (χ1v) is 8.10. The van der Waals surface area contributed by atoms with Crippen LogP contribution in [0.3, 0.4) is 0 Å². The summed E-state index contributed by atoms with van der Waals surface area (Å²) in [6.45, 7) is 0.768. The van der Waals surface area contributed by atoms with Crippen LogP contribution in [0.4, 0.5) is 27.6 Å². The van der Waals surface area contributed by atoms with Gasteiger partial charge in [0.25, 0.3) is 0 Å². The summed E-state index contributed by atoms with van der Waals surface area (Å²) in [5, 5.41) is 2.41. The van der Waals surface area contributed by atoms with Crippen molar-refractivity contribution in [1.29, 1.82) is 0 Å². The Morgan fingerprint density at radius 1 is 1.29 bits per heavy atom. The minimum atomic E-state index is -4.63. The summed E-state index contributed by atoms with van der Waals surface area (Å²) in [4.78, 5) is 12.5. The molecule has 9 heteroatoms. The Morgan fingerprint density at radius 2 is 1.96 bits per heavy atom. The van der Waals surface area contributed by atoms with E-state index in [-0.39, 0.29) is 23.6 Å². The van der Waals surface area contributed by atoms with Crippen molar-refractivity contribution >= 4 is 23.4 Å². The van der Waals surface area contributed by atoms with E-state index in [1.54, 1.807) is 0 Å². The Hall–Kier alpha value is -1.51. The Kier molecular flexibility index (Phi) is 5.31. The van der Waals surface area contributed by atoms with Crippen molar-refractivity contribution in [2.24, 2.45) is 5.92 Å². The van der Waals surface area contributed by atoms with E-state index in [0.717, 1.165) is 31.9 Å². The van der Waals surface area contributed by atoms with Crippen LogP contribution in [0.5, 0.6) is 5.75 Å². The first kappa shape index (κ1) is 18.8. The smallest absolute Gasteiger partial charge is 0.420 e. The van der Waals surface area contributed by atoms with Gasteiger partial charge in [-0.2, -0.15) is 13.2 Å². The van der Waals surface area contributed by atoms with Crippen LogP contribution < -0.4 is 10.1 Å². The quantitative estimate of drug-likeness (QED) is 0.774. The van der Waals surface area contributed by atoms with Crippen molar-refractivity contribution in [1.82, 2.24) is 0 Å². The molecule has 0 aliphatic carbocycles. The molecule has 1 aliphatic rings. The third-order valence-electron chi connectivity index (χ3n) is 3.61. The normalized spacial score (nSPS) is 18.6. The molecule has 1 aromatic carbocycles. The highest BCUT2D eigenvalue weighted by molar-refractivity contribution is 7.99. The van der Waals surface area contributed by atoms with E-state index in [4.69, 9.17) is 4.74 Å². The van der Waals surface area contributed by atoms with Gasteiger partial charge in [-0.05, 0) is 25.5 Å². The number of nitrogens with one attached hydrogen (secondary N) is 1. The number of thioether (sulfide) groups is 1. The summed E-state index contributed by atoms with van der Waals surface area (Å²) in [5.74, 6) is -4.28. The molecule has 0 aromatic heterocycles. The van der Waals surface area contributed by atoms with Crippen LogP contribution in [0.25, 0.3) is 0 Å². The van der Waals surface area contributed by atoms with Gasteiger partial charge in [0, 0.05) is 23.0 Å². The van der Waals surface area contributed by atoms with Crippen LogP contribution in [-0.4, -0.2) is 24.7 Å². The monoisotopic (exact) mass is 369 g/mol. The van der Waals surface area contributed by atoms with E-state index in [2.05, 4.69) is 5.32 Å². The SMILES string of the molecule is COc1cc2c(cc1C(F)(F)F)NC(=O)C(CCC(C)(F)F)CS2. The Bertz CT molecular complexity index is 628. The van der Waals surface area contributed by atoms with Gasteiger partial charge in [-0.3, -0.25) is 4.79 Å². The summed E-state index contributed by atoms with van der Waals surface area (Å²) in [6, 6.07) is 2.02. The molecule has 24 heavy (non-hydrogen) atoms. The average Bonchev–Trinajstić information content (AvgIpc) is 2.60. The maximum atomic E-state index is 13.0. The second kappa shape index (κ2) is 6.78. The molecule has 3 nitrogen and oxygen atoms in total. The molecule has 1 aliphatic heterocycles. The number of carbonyl (C=O) groups excluding carboxylic acids is 1. The Balaban J connectivity index is 2.27. The topological polar surface area (TPSA) is 38.3 Å². The molecule has 0 saturated carbocycles. The van der Waals surface area contributed by atoms with Crippen LogP contribution in [0.15, 0.2) is 17.0 Å². The van der Waals surface area contributed by atoms with Gasteiger partial charge in [-0.25, -0.2) is 8.78 Å². The molecule has 1 heterocycles. The number of carbonyl (C=O) groups is 1. The standard InChI is InChI=1S/C15H16F5NO2S/c1-14(16,17)4-3-8-7-24-12-6-11(23-2)9(15(18,19)20)5-10(12)21-13(8)22/h5-6,8H,3-4,7H2,1-2H3,(H,21,22). The largest absolute Gasteiger partial charge is 0.496 e. The van der Waals surface area contributed by atoms with Crippen molar-refractivity contribution in [2.45, 2.75) is 36.8 Å². The number of anilines is 1. The van der Waals surface area contributed by atoms with Gasteiger partial charge in [-0.15, -0.1) is 11.8 Å². The molecule has 134 valence electrons. The van der Waals surface area contributed by atoms with Gasteiger partial charge in [-0.1, -0.05) is 0 Å². The molecule has 2 rings (SSSR count). The molecule has 0 radical (unpaired) electrons. The minimum Gasteiger partial charge on any atom is -0.496 e. The number of halogens is 5. The maximum Gasteiger partial charge on any atom is 0.420 e. The lowest BCUT2D eigenvalue weighted by molar-refractivity contribution is -0.138. The van der Waals surface area contributed by atoms with E-state index in [1.165, 1.54) is 6.07 Å². The molecule has 0 fully saturated rings. The number of ether oxygens (including phenoxy) is 1. The minimum absolute atomic E-state index is 0.0175. The van der Waals surface area contributed by atoms with Gasteiger partial charge in [0.05, 0.1) is 18.4 Å². The predicted octanol–water partition coefficient (Wildman–Crippen LogP) is 4.81. The zero-order valence-electron chi connectivity index (χ0n) is 13.0. The van der Waals surface area contributed by atoms with Gasteiger partial charge in [0.2, 0.25) is 11.8 Å². The third-order valence-corrected chi connectivity index (χ3v) is 4.83. The van der Waals surface area contributed by atoms with Gasteiger partial charge < -0.3 is 10.1 Å². The molecule has 0 bridgehead atoms. The number of hydrogen-bond donors (Lipinski definition) is 1. The fraction of sp³-hybridized carbons (Fsp3) is 0.533. The van der Waals surface area contributed by atoms with Crippen LogP contribution in [-0.2, 0) is 11.0 Å². The van der Waals surface area contributed by atoms with E-state index in [0.29, 0.717) is 4.90 Å². The Labute approximate surface area is 139 Å². The van der Waals surface area contributed by atoms with Crippen molar-refractivity contribution in [2.75, 3.05) is 18.2 Å². The lowest BCUT2D eigenvalue weighted by atomic mass is 10.0. The number of alkyl halides is 5. The third kappa shape index (κ3) is 4.52. The van der Waals surface area contributed by atoms with E-state index in [1.807, 2.05) is 0 Å². The van der Waals surface area contributed by atoms with E-state index >= 15 is 0 Å². The van der Waals surface area contributed by atoms with Crippen molar-refractivity contribution < 1.29 is 31.5 Å². The van der Waals surface area contributed by atoms with Gasteiger partial charge >= 0.3 is 6.18 Å². The second-order valence-corrected chi connectivity index (χ2v) is 6.71. The molecular formula is C15H16F5NO2S. The summed E-state index contributed by atoms with van der Waals surface area (Å²) < 4.78 is 69.9. The lowest BCUT2D eigenvalue weighted by Gasteiger charge is -2.16. The van der Waals surface area contributed by atoms with Crippen molar-refractivity contribution in [3.63, 3.8) is 0 Å². The molecule has 0 spiro atoms. The lowest BCUT2D eigenvalue weighted by Crippen LogP contribution is -2.25. The number of methoxy groups -OCH3 is 1. The van der Waals surface area contributed by atoms with E-state index < -0.39 is 35.9 Å². The fourth-order valence-electron chi connectivity index (χ4n) is 2.31. The number of benzene rings is 1. The first-order chi connectivity index (χ1) is 11.0. The average molecular weight is 369 g/mol.